The number of carbonyl (C=O) groups excluding carboxylic acids is 3. The molecule has 0 fully saturated rings. The van der Waals surface area contributed by atoms with Gasteiger partial charge in [0, 0.05) is 12.2 Å². The summed E-state index contributed by atoms with van der Waals surface area (Å²) in [6, 6.07) is 12.8. The molecule has 7 heteroatoms. The number of anilines is 1. The van der Waals surface area contributed by atoms with Crippen LogP contribution in [0.2, 0.25) is 0 Å². The minimum Gasteiger partial charge on any atom is -0.444 e. The summed E-state index contributed by atoms with van der Waals surface area (Å²) in [4.78, 5) is 41.0. The minimum atomic E-state index is -0.852. The number of nitrogens with one attached hydrogen (secondary N) is 2. The SMILES string of the molecule is CCCCN(C(=O)CNC(=O)OC(C)(C)C)C(C(=O)Nc1c(C)cccc1C)c1ccc(CC)cc1. The van der Waals surface area contributed by atoms with E-state index < -0.39 is 17.7 Å². The second kappa shape index (κ2) is 13.1. The molecule has 0 aliphatic carbocycles. The summed E-state index contributed by atoms with van der Waals surface area (Å²) in [5, 5.41) is 5.61. The molecule has 1 unspecified atom stereocenters. The van der Waals surface area contributed by atoms with Crippen molar-refractivity contribution in [2.24, 2.45) is 0 Å². The first-order valence-corrected chi connectivity index (χ1v) is 12.7. The standard InChI is InChI=1S/C29H41N3O4/c1-8-10-18-32(24(33)19-30-28(35)36-29(5,6)7)26(23-16-14-22(9-2)15-17-23)27(34)31-25-20(3)12-11-13-21(25)4/h11-17,26H,8-10,18-19H2,1-7H3,(H,30,35)(H,31,34). The van der Waals surface area contributed by atoms with E-state index in [1.807, 2.05) is 63.2 Å². The average molecular weight is 496 g/mol. The Kier molecular flexibility index (Phi) is 10.5. The zero-order chi connectivity index (χ0) is 26.9. The lowest BCUT2D eigenvalue weighted by molar-refractivity contribution is -0.138. The van der Waals surface area contributed by atoms with E-state index in [0.717, 1.165) is 47.2 Å². The maximum absolute atomic E-state index is 13.8. The molecule has 0 radical (unpaired) electrons. The average Bonchev–Trinajstić information content (AvgIpc) is 2.81. The van der Waals surface area contributed by atoms with E-state index in [4.69, 9.17) is 4.74 Å². The number of hydrogen-bond acceptors (Lipinski definition) is 4. The highest BCUT2D eigenvalue weighted by atomic mass is 16.6. The summed E-state index contributed by atoms with van der Waals surface area (Å²) < 4.78 is 5.27. The zero-order valence-electron chi connectivity index (χ0n) is 22.7. The monoisotopic (exact) mass is 495 g/mol. The Bertz CT molecular complexity index is 1020. The number of rotatable bonds is 10. The number of amides is 3. The molecule has 2 aromatic carbocycles. The van der Waals surface area contributed by atoms with E-state index in [1.165, 1.54) is 0 Å². The van der Waals surface area contributed by atoms with Gasteiger partial charge in [0.25, 0.3) is 5.91 Å². The van der Waals surface area contributed by atoms with Crippen molar-refractivity contribution in [3.8, 4) is 0 Å². The fourth-order valence-corrected chi connectivity index (χ4v) is 3.90. The van der Waals surface area contributed by atoms with Gasteiger partial charge in [0.2, 0.25) is 5.91 Å². The Balaban J connectivity index is 2.40. The molecule has 2 N–H and O–H groups in total. The van der Waals surface area contributed by atoms with Crippen LogP contribution >= 0.6 is 0 Å². The van der Waals surface area contributed by atoms with Gasteiger partial charge < -0.3 is 20.3 Å². The molecular weight excluding hydrogens is 454 g/mol. The molecule has 0 saturated heterocycles. The van der Waals surface area contributed by atoms with Crippen LogP contribution in [0, 0.1) is 13.8 Å². The molecule has 1 atom stereocenters. The van der Waals surface area contributed by atoms with Gasteiger partial charge in [-0.3, -0.25) is 9.59 Å². The lowest BCUT2D eigenvalue weighted by Gasteiger charge is -2.32. The molecule has 7 nitrogen and oxygen atoms in total. The number of nitrogens with zero attached hydrogens (tertiary/aromatic N) is 1. The number of para-hydroxylation sites is 1. The molecule has 36 heavy (non-hydrogen) atoms. The van der Waals surface area contributed by atoms with Crippen molar-refractivity contribution >= 4 is 23.6 Å². The zero-order valence-corrected chi connectivity index (χ0v) is 22.7. The van der Waals surface area contributed by atoms with E-state index in [0.29, 0.717) is 6.54 Å². The van der Waals surface area contributed by atoms with E-state index in [-0.39, 0.29) is 18.4 Å². The van der Waals surface area contributed by atoms with Gasteiger partial charge >= 0.3 is 6.09 Å². The van der Waals surface area contributed by atoms with Crippen molar-refractivity contribution in [1.29, 1.82) is 0 Å². The topological polar surface area (TPSA) is 87.7 Å². The highest BCUT2D eigenvalue weighted by Gasteiger charge is 2.32. The Labute approximate surface area is 215 Å². The highest BCUT2D eigenvalue weighted by molar-refractivity contribution is 5.99. The van der Waals surface area contributed by atoms with Gasteiger partial charge in [0.05, 0.1) is 0 Å². The summed E-state index contributed by atoms with van der Waals surface area (Å²) >= 11 is 0. The quantitative estimate of drug-likeness (QED) is 0.443. The first kappa shape index (κ1) is 28.9. The molecule has 196 valence electrons. The van der Waals surface area contributed by atoms with Gasteiger partial charge in [-0.25, -0.2) is 4.79 Å². The lowest BCUT2D eigenvalue weighted by atomic mass is 10.00. The van der Waals surface area contributed by atoms with E-state index in [2.05, 4.69) is 17.6 Å². The van der Waals surface area contributed by atoms with Gasteiger partial charge in [0.1, 0.15) is 18.2 Å². The van der Waals surface area contributed by atoms with Crippen molar-refractivity contribution < 1.29 is 19.1 Å². The normalized spacial score (nSPS) is 12.0. The number of unbranched alkanes of at least 4 members (excludes halogenated alkanes) is 1. The molecule has 0 aromatic heterocycles. The fraction of sp³-hybridized carbons (Fsp3) is 0.483. The number of benzene rings is 2. The van der Waals surface area contributed by atoms with Crippen LogP contribution in [0.4, 0.5) is 10.5 Å². The maximum Gasteiger partial charge on any atom is 0.408 e. The predicted molar refractivity (Wildman–Crippen MR) is 144 cm³/mol. The molecule has 0 aliphatic rings. The first-order chi connectivity index (χ1) is 17.0. The summed E-state index contributed by atoms with van der Waals surface area (Å²) in [5.74, 6) is -0.645. The number of alkyl carbamates (subject to hydrolysis) is 1. The Morgan fingerprint density at radius 2 is 1.58 bits per heavy atom. The van der Waals surface area contributed by atoms with Crippen molar-refractivity contribution in [3.63, 3.8) is 0 Å². The van der Waals surface area contributed by atoms with Crippen molar-refractivity contribution in [1.82, 2.24) is 10.2 Å². The number of ether oxygens (including phenoxy) is 1. The van der Waals surface area contributed by atoms with Gasteiger partial charge in [-0.05, 0) is 69.7 Å². The van der Waals surface area contributed by atoms with Gasteiger partial charge in [-0.15, -0.1) is 0 Å². The Hall–Kier alpha value is -3.35. The summed E-state index contributed by atoms with van der Waals surface area (Å²) in [6.07, 6.45) is 1.77. The van der Waals surface area contributed by atoms with Crippen molar-refractivity contribution in [2.45, 2.75) is 79.4 Å². The van der Waals surface area contributed by atoms with Crippen LogP contribution in [0.25, 0.3) is 0 Å². The van der Waals surface area contributed by atoms with Crippen LogP contribution < -0.4 is 10.6 Å². The van der Waals surface area contributed by atoms with E-state index >= 15 is 0 Å². The minimum absolute atomic E-state index is 0.265. The second-order valence-electron chi connectivity index (χ2n) is 10.0. The number of aryl methyl sites for hydroxylation is 3. The second-order valence-corrected chi connectivity index (χ2v) is 10.0. The lowest BCUT2D eigenvalue weighted by Crippen LogP contribution is -2.47. The Morgan fingerprint density at radius 3 is 2.11 bits per heavy atom. The largest absolute Gasteiger partial charge is 0.444 e. The third-order valence-corrected chi connectivity index (χ3v) is 5.85. The summed E-state index contributed by atoms with van der Waals surface area (Å²) in [6.45, 7) is 13.4. The first-order valence-electron chi connectivity index (χ1n) is 12.7. The number of carbonyl (C=O) groups is 3. The predicted octanol–water partition coefficient (Wildman–Crippen LogP) is 5.70. The summed E-state index contributed by atoms with van der Waals surface area (Å²) in [7, 11) is 0. The smallest absolute Gasteiger partial charge is 0.408 e. The summed E-state index contributed by atoms with van der Waals surface area (Å²) in [5.41, 5.74) is 3.82. The Morgan fingerprint density at radius 1 is 0.972 bits per heavy atom. The van der Waals surface area contributed by atoms with Gasteiger partial charge in [-0.1, -0.05) is 62.7 Å². The molecule has 2 aromatic rings. The van der Waals surface area contributed by atoms with E-state index in [9.17, 15) is 14.4 Å². The van der Waals surface area contributed by atoms with E-state index in [1.54, 1.807) is 25.7 Å². The van der Waals surface area contributed by atoms with Gasteiger partial charge in [-0.2, -0.15) is 0 Å². The van der Waals surface area contributed by atoms with Crippen LogP contribution in [-0.4, -0.2) is 41.5 Å². The molecular formula is C29H41N3O4. The van der Waals surface area contributed by atoms with Crippen LogP contribution in [-0.2, 0) is 20.7 Å². The molecule has 2 rings (SSSR count). The number of hydrogen-bond donors (Lipinski definition) is 2. The molecule has 0 saturated carbocycles. The van der Waals surface area contributed by atoms with Crippen LogP contribution in [0.5, 0.6) is 0 Å². The molecule has 3 amide bonds. The van der Waals surface area contributed by atoms with Crippen molar-refractivity contribution in [2.75, 3.05) is 18.4 Å². The van der Waals surface area contributed by atoms with Crippen LogP contribution in [0.3, 0.4) is 0 Å². The highest BCUT2D eigenvalue weighted by Crippen LogP contribution is 2.27. The van der Waals surface area contributed by atoms with Crippen molar-refractivity contribution in [3.05, 3.63) is 64.7 Å². The van der Waals surface area contributed by atoms with Gasteiger partial charge in [0.15, 0.2) is 0 Å². The van der Waals surface area contributed by atoms with Crippen LogP contribution in [0.15, 0.2) is 42.5 Å². The third kappa shape index (κ3) is 8.40. The molecule has 0 spiro atoms. The molecule has 0 bridgehead atoms. The van der Waals surface area contributed by atoms with Crippen LogP contribution in [0.1, 0.15) is 75.8 Å². The fourth-order valence-electron chi connectivity index (χ4n) is 3.90. The third-order valence-electron chi connectivity index (χ3n) is 5.85. The molecule has 0 aliphatic heterocycles. The molecule has 0 heterocycles. The maximum atomic E-state index is 13.8.